The molecule has 0 aliphatic carbocycles. The fourth-order valence-corrected chi connectivity index (χ4v) is 2.68. The van der Waals surface area contributed by atoms with E-state index in [0.29, 0.717) is 5.69 Å². The molecule has 1 aromatic heterocycles. The minimum absolute atomic E-state index is 0.0820. The van der Waals surface area contributed by atoms with Crippen molar-refractivity contribution in [3.8, 4) is 0 Å². The fourth-order valence-electron chi connectivity index (χ4n) is 2.68. The molecule has 0 aliphatic heterocycles. The van der Waals surface area contributed by atoms with Gasteiger partial charge in [-0.25, -0.2) is 4.98 Å². The van der Waals surface area contributed by atoms with Crippen molar-refractivity contribution in [2.24, 2.45) is 11.7 Å². The number of nitrogen functional groups attached to an aromatic ring is 1. The summed E-state index contributed by atoms with van der Waals surface area (Å²) in [6.07, 6.45) is 0. The van der Waals surface area contributed by atoms with Gasteiger partial charge in [0.2, 0.25) is 5.91 Å². The van der Waals surface area contributed by atoms with Gasteiger partial charge in [0.1, 0.15) is 11.9 Å². The van der Waals surface area contributed by atoms with Crippen LogP contribution in [0.5, 0.6) is 0 Å². The maximum Gasteiger partial charge on any atom is 0.240 e. The van der Waals surface area contributed by atoms with E-state index in [9.17, 15) is 4.79 Å². The summed E-state index contributed by atoms with van der Waals surface area (Å²) in [5, 5.41) is 0. The van der Waals surface area contributed by atoms with Crippen LogP contribution in [0.2, 0.25) is 0 Å². The number of carbonyl (C=O) groups is 1. The second-order valence-corrected chi connectivity index (χ2v) is 6.89. The standard InChI is InChI=1S/C16H24N4O/c1-9(2)13(14(18)21)20-12-7-6-10(17)8-11(12)19-15(20)16(3,4)5/h6-9,13H,17H2,1-5H3,(H2,18,21). The van der Waals surface area contributed by atoms with E-state index >= 15 is 0 Å². The molecule has 0 aliphatic rings. The van der Waals surface area contributed by atoms with Crippen LogP contribution in [-0.2, 0) is 10.2 Å². The number of aromatic nitrogens is 2. The molecular weight excluding hydrogens is 264 g/mol. The van der Waals surface area contributed by atoms with Crippen LogP contribution in [0.3, 0.4) is 0 Å². The predicted molar refractivity (Wildman–Crippen MR) is 85.9 cm³/mol. The van der Waals surface area contributed by atoms with Crippen molar-refractivity contribution in [1.29, 1.82) is 0 Å². The van der Waals surface area contributed by atoms with Crippen molar-refractivity contribution in [2.45, 2.75) is 46.1 Å². The SMILES string of the molecule is CC(C)C(C(N)=O)n1c(C(C)(C)C)nc2cc(N)ccc21. The number of primary amides is 1. The molecule has 5 nitrogen and oxygen atoms in total. The van der Waals surface area contributed by atoms with Gasteiger partial charge in [0.25, 0.3) is 0 Å². The molecule has 1 aromatic carbocycles. The van der Waals surface area contributed by atoms with Crippen molar-refractivity contribution in [2.75, 3.05) is 5.73 Å². The highest BCUT2D eigenvalue weighted by atomic mass is 16.1. The smallest absolute Gasteiger partial charge is 0.240 e. The van der Waals surface area contributed by atoms with E-state index in [1.165, 1.54) is 0 Å². The first-order chi connectivity index (χ1) is 9.62. The van der Waals surface area contributed by atoms with Gasteiger partial charge in [0, 0.05) is 11.1 Å². The zero-order valence-corrected chi connectivity index (χ0v) is 13.3. The Morgan fingerprint density at radius 1 is 1.29 bits per heavy atom. The first-order valence-electron chi connectivity index (χ1n) is 7.20. The minimum atomic E-state index is -0.423. The van der Waals surface area contributed by atoms with Gasteiger partial charge in [-0.1, -0.05) is 34.6 Å². The summed E-state index contributed by atoms with van der Waals surface area (Å²) >= 11 is 0. The Morgan fingerprint density at radius 3 is 2.38 bits per heavy atom. The predicted octanol–water partition coefficient (Wildman–Crippen LogP) is 2.60. The van der Waals surface area contributed by atoms with Crippen molar-refractivity contribution in [1.82, 2.24) is 9.55 Å². The molecule has 1 heterocycles. The molecule has 5 heteroatoms. The topological polar surface area (TPSA) is 86.9 Å². The van der Waals surface area contributed by atoms with Crippen LogP contribution in [-0.4, -0.2) is 15.5 Å². The molecule has 2 rings (SSSR count). The average molecular weight is 288 g/mol. The Morgan fingerprint density at radius 2 is 1.90 bits per heavy atom. The number of carbonyl (C=O) groups excluding carboxylic acids is 1. The highest BCUT2D eigenvalue weighted by Crippen LogP contribution is 2.32. The third-order valence-corrected chi connectivity index (χ3v) is 3.59. The number of benzene rings is 1. The van der Waals surface area contributed by atoms with Gasteiger partial charge in [0.05, 0.1) is 11.0 Å². The summed E-state index contributed by atoms with van der Waals surface area (Å²) in [6, 6.07) is 5.14. The Kier molecular flexibility index (Phi) is 3.70. The highest BCUT2D eigenvalue weighted by Gasteiger charge is 2.31. The third-order valence-electron chi connectivity index (χ3n) is 3.59. The second kappa shape index (κ2) is 5.06. The molecule has 0 saturated carbocycles. The largest absolute Gasteiger partial charge is 0.399 e. The van der Waals surface area contributed by atoms with Crippen LogP contribution in [0, 0.1) is 5.92 Å². The fraction of sp³-hybridized carbons (Fsp3) is 0.500. The molecule has 1 amide bonds. The molecule has 0 saturated heterocycles. The van der Waals surface area contributed by atoms with Gasteiger partial charge in [0.15, 0.2) is 0 Å². The molecule has 0 spiro atoms. The molecule has 0 radical (unpaired) electrons. The molecule has 2 aromatic rings. The number of hydrogen-bond acceptors (Lipinski definition) is 3. The number of imidazole rings is 1. The summed E-state index contributed by atoms with van der Waals surface area (Å²) in [4.78, 5) is 16.7. The van der Waals surface area contributed by atoms with Crippen molar-refractivity contribution in [3.05, 3.63) is 24.0 Å². The molecular formula is C16H24N4O. The van der Waals surface area contributed by atoms with Crippen LogP contribution in [0.25, 0.3) is 11.0 Å². The van der Waals surface area contributed by atoms with Gasteiger partial charge < -0.3 is 16.0 Å². The van der Waals surface area contributed by atoms with Gasteiger partial charge >= 0.3 is 0 Å². The summed E-state index contributed by atoms with van der Waals surface area (Å²) in [7, 11) is 0. The van der Waals surface area contributed by atoms with Gasteiger partial charge in [-0.15, -0.1) is 0 Å². The lowest BCUT2D eigenvalue weighted by molar-refractivity contribution is -0.122. The van der Waals surface area contributed by atoms with E-state index in [1.807, 2.05) is 36.6 Å². The highest BCUT2D eigenvalue weighted by molar-refractivity contribution is 5.85. The van der Waals surface area contributed by atoms with E-state index in [-0.39, 0.29) is 17.2 Å². The van der Waals surface area contributed by atoms with Crippen LogP contribution in [0.15, 0.2) is 18.2 Å². The van der Waals surface area contributed by atoms with Crippen LogP contribution < -0.4 is 11.5 Å². The van der Waals surface area contributed by atoms with Crippen molar-refractivity contribution in [3.63, 3.8) is 0 Å². The number of hydrogen-bond donors (Lipinski definition) is 2. The van der Waals surface area contributed by atoms with E-state index < -0.39 is 6.04 Å². The summed E-state index contributed by atoms with van der Waals surface area (Å²) in [6.45, 7) is 10.2. The lowest BCUT2D eigenvalue weighted by atomic mass is 9.94. The van der Waals surface area contributed by atoms with Gasteiger partial charge in [-0.2, -0.15) is 0 Å². The normalized spacial score (nSPS) is 13.8. The minimum Gasteiger partial charge on any atom is -0.399 e. The molecule has 21 heavy (non-hydrogen) atoms. The van der Waals surface area contributed by atoms with Crippen LogP contribution >= 0.6 is 0 Å². The average Bonchev–Trinajstić information content (AvgIpc) is 2.66. The van der Waals surface area contributed by atoms with Crippen molar-refractivity contribution < 1.29 is 4.79 Å². The van der Waals surface area contributed by atoms with Crippen LogP contribution in [0.1, 0.15) is 46.5 Å². The van der Waals surface area contributed by atoms with E-state index in [2.05, 4.69) is 20.8 Å². The molecule has 1 unspecified atom stereocenters. The quantitative estimate of drug-likeness (QED) is 0.851. The zero-order valence-electron chi connectivity index (χ0n) is 13.3. The lowest BCUT2D eigenvalue weighted by Gasteiger charge is -2.27. The number of anilines is 1. The van der Waals surface area contributed by atoms with Gasteiger partial charge in [-0.3, -0.25) is 4.79 Å². The summed E-state index contributed by atoms with van der Waals surface area (Å²) in [5.41, 5.74) is 13.7. The van der Waals surface area contributed by atoms with Gasteiger partial charge in [-0.05, 0) is 24.1 Å². The molecule has 4 N–H and O–H groups in total. The van der Waals surface area contributed by atoms with Crippen LogP contribution in [0.4, 0.5) is 5.69 Å². The number of rotatable bonds is 3. The number of nitrogens with zero attached hydrogens (tertiary/aromatic N) is 2. The Hall–Kier alpha value is -2.04. The zero-order chi connectivity index (χ0) is 15.9. The first kappa shape index (κ1) is 15.4. The van der Waals surface area contributed by atoms with E-state index in [4.69, 9.17) is 16.5 Å². The summed E-state index contributed by atoms with van der Waals surface area (Å²) in [5.74, 6) is 0.589. The third kappa shape index (κ3) is 2.73. The molecule has 0 fully saturated rings. The second-order valence-electron chi connectivity index (χ2n) is 6.89. The molecule has 1 atom stereocenters. The maximum atomic E-state index is 12.0. The Labute approximate surface area is 125 Å². The Bertz CT molecular complexity index is 679. The first-order valence-corrected chi connectivity index (χ1v) is 7.20. The number of nitrogens with two attached hydrogens (primary N) is 2. The summed E-state index contributed by atoms with van der Waals surface area (Å²) < 4.78 is 1.97. The Balaban J connectivity index is 2.83. The number of fused-ring (bicyclic) bond motifs is 1. The van der Waals surface area contributed by atoms with E-state index in [1.54, 1.807) is 0 Å². The van der Waals surface area contributed by atoms with E-state index in [0.717, 1.165) is 16.9 Å². The monoisotopic (exact) mass is 288 g/mol. The van der Waals surface area contributed by atoms with Crippen molar-refractivity contribution >= 4 is 22.6 Å². The lowest BCUT2D eigenvalue weighted by Crippen LogP contribution is -2.33. The molecule has 114 valence electrons. The maximum absolute atomic E-state index is 12.0. The molecule has 0 bridgehead atoms. The number of amides is 1.